The molecule has 0 unspecified atom stereocenters. The fourth-order valence-corrected chi connectivity index (χ4v) is 0.791. The number of aromatic carboxylic acids is 1. The van der Waals surface area contributed by atoms with Crippen LogP contribution < -0.4 is 10.2 Å². The number of benzene rings is 1. The molecule has 0 atom stereocenters. The fourth-order valence-electron chi connectivity index (χ4n) is 0.791. The molecule has 1 rings (SSSR count). The normalized spacial score (nSPS) is 9.54. The number of carboxylic acid groups (broad SMARTS) is 1. The largest absolute Gasteiger partial charge is 0.872 e. The molecule has 6 nitrogen and oxygen atoms in total. The summed E-state index contributed by atoms with van der Waals surface area (Å²) in [6.07, 6.45) is 0. The van der Waals surface area contributed by atoms with Crippen LogP contribution in [0, 0.1) is 10.1 Å². The highest BCUT2D eigenvalue weighted by molar-refractivity contribution is 5.89. The van der Waals surface area contributed by atoms with E-state index in [4.69, 9.17) is 0 Å². The first-order valence-corrected chi connectivity index (χ1v) is 3.19. The summed E-state index contributed by atoms with van der Waals surface area (Å²) >= 11 is 0. The average Bonchev–Trinajstić information content (AvgIpc) is 2.04. The van der Waals surface area contributed by atoms with Crippen LogP contribution in [0.15, 0.2) is 18.2 Å². The smallest absolute Gasteiger partial charge is 0.270 e. The van der Waals surface area contributed by atoms with E-state index >= 15 is 0 Å². The lowest BCUT2D eigenvalue weighted by Crippen LogP contribution is -2.23. The SMILES string of the molecule is O=C([O-])c1cc([N+](=O)[O-])ccc1[O-]. The zero-order valence-corrected chi connectivity index (χ0v) is 6.22. The van der Waals surface area contributed by atoms with Gasteiger partial charge >= 0.3 is 0 Å². The van der Waals surface area contributed by atoms with E-state index < -0.39 is 27.9 Å². The first kappa shape index (κ1) is 8.98. The third-order valence-electron chi connectivity index (χ3n) is 1.39. The Labute approximate surface area is 72.2 Å². The lowest BCUT2D eigenvalue weighted by molar-refractivity contribution is -0.385. The van der Waals surface area contributed by atoms with Crippen LogP contribution in [0.4, 0.5) is 5.69 Å². The molecular weight excluding hydrogens is 178 g/mol. The molecule has 0 bridgehead atoms. The molecule has 1 aromatic carbocycles. The van der Waals surface area contributed by atoms with Gasteiger partial charge in [-0.3, -0.25) is 10.1 Å². The summed E-state index contributed by atoms with van der Waals surface area (Å²) in [5, 5.41) is 31.2. The molecule has 0 aliphatic carbocycles. The fraction of sp³-hybridized carbons (Fsp3) is 0. The molecule has 0 aliphatic rings. The Bertz CT molecular complexity index is 373. The van der Waals surface area contributed by atoms with E-state index in [0.717, 1.165) is 12.1 Å². The Morgan fingerprint density at radius 1 is 1.38 bits per heavy atom. The number of hydrogen-bond acceptors (Lipinski definition) is 5. The maximum atomic E-state index is 10.8. The predicted octanol–water partition coefficient (Wildman–Crippen LogP) is -0.968. The van der Waals surface area contributed by atoms with Crippen molar-refractivity contribution in [3.05, 3.63) is 33.9 Å². The molecule has 0 N–H and O–H groups in total. The molecule has 0 spiro atoms. The summed E-state index contributed by atoms with van der Waals surface area (Å²) in [6.45, 7) is 0. The number of rotatable bonds is 2. The summed E-state index contributed by atoms with van der Waals surface area (Å²) in [5.41, 5.74) is -1.15. The molecule has 0 heterocycles. The summed E-state index contributed by atoms with van der Waals surface area (Å²) in [6, 6.07) is 2.44. The third-order valence-corrected chi connectivity index (χ3v) is 1.39. The Kier molecular flexibility index (Phi) is 2.14. The first-order chi connectivity index (χ1) is 6.02. The van der Waals surface area contributed by atoms with Crippen molar-refractivity contribution in [2.24, 2.45) is 0 Å². The van der Waals surface area contributed by atoms with Gasteiger partial charge in [-0.05, 0) is 5.56 Å². The quantitative estimate of drug-likeness (QED) is 0.431. The molecule has 0 aliphatic heterocycles. The van der Waals surface area contributed by atoms with Gasteiger partial charge in [-0.2, -0.15) is 0 Å². The van der Waals surface area contributed by atoms with Gasteiger partial charge in [-0.15, -0.1) is 0 Å². The van der Waals surface area contributed by atoms with Gasteiger partial charge in [-0.1, -0.05) is 11.8 Å². The number of carbonyl (C=O) groups is 1. The van der Waals surface area contributed by atoms with E-state index in [-0.39, 0.29) is 0 Å². The van der Waals surface area contributed by atoms with Crippen molar-refractivity contribution in [3.63, 3.8) is 0 Å². The van der Waals surface area contributed by atoms with E-state index in [1.54, 1.807) is 0 Å². The van der Waals surface area contributed by atoms with Gasteiger partial charge in [0.05, 0.1) is 10.9 Å². The average molecular weight is 181 g/mol. The minimum atomic E-state index is -1.71. The molecule has 0 aromatic heterocycles. The van der Waals surface area contributed by atoms with Crippen LogP contribution in [-0.2, 0) is 0 Å². The molecule has 13 heavy (non-hydrogen) atoms. The predicted molar refractivity (Wildman–Crippen MR) is 36.9 cm³/mol. The maximum Gasteiger partial charge on any atom is 0.270 e. The Morgan fingerprint density at radius 2 is 2.00 bits per heavy atom. The van der Waals surface area contributed by atoms with Crippen molar-refractivity contribution in [1.82, 2.24) is 0 Å². The molecule has 1 aromatic rings. The van der Waals surface area contributed by atoms with Gasteiger partial charge in [0.1, 0.15) is 0 Å². The third kappa shape index (κ3) is 1.73. The van der Waals surface area contributed by atoms with Crippen LogP contribution in [0.1, 0.15) is 10.4 Å². The maximum absolute atomic E-state index is 10.8. The minimum absolute atomic E-state index is 0.446. The molecule has 0 saturated heterocycles. The van der Waals surface area contributed by atoms with Crippen molar-refractivity contribution in [3.8, 4) is 5.75 Å². The molecule has 0 radical (unpaired) electrons. The second-order valence-corrected chi connectivity index (χ2v) is 2.23. The summed E-state index contributed by atoms with van der Waals surface area (Å²) in [4.78, 5) is 19.7. The van der Waals surface area contributed by atoms with Gasteiger partial charge in [0.25, 0.3) is 5.69 Å². The highest BCUT2D eigenvalue weighted by Gasteiger charge is 2.06. The van der Waals surface area contributed by atoms with E-state index in [2.05, 4.69) is 0 Å². The number of nitro groups is 1. The van der Waals surface area contributed by atoms with Crippen molar-refractivity contribution < 1.29 is 19.9 Å². The lowest BCUT2D eigenvalue weighted by Gasteiger charge is -2.12. The van der Waals surface area contributed by atoms with E-state index in [1.165, 1.54) is 0 Å². The molecular formula is C7H3NO5-2. The highest BCUT2D eigenvalue weighted by Crippen LogP contribution is 2.19. The number of nitrogens with zero attached hydrogens (tertiary/aromatic N) is 1. The minimum Gasteiger partial charge on any atom is -0.872 e. The van der Waals surface area contributed by atoms with E-state index in [9.17, 15) is 25.1 Å². The molecule has 0 saturated carbocycles. The Morgan fingerprint density at radius 3 is 2.46 bits per heavy atom. The number of carbonyl (C=O) groups excluding carboxylic acids is 1. The highest BCUT2D eigenvalue weighted by atomic mass is 16.6. The van der Waals surface area contributed by atoms with E-state index in [1.807, 2.05) is 0 Å². The van der Waals surface area contributed by atoms with Gasteiger partial charge in [0.15, 0.2) is 0 Å². The zero-order chi connectivity index (χ0) is 10.0. The van der Waals surface area contributed by atoms with E-state index in [0.29, 0.717) is 6.07 Å². The Balaban J connectivity index is 3.27. The van der Waals surface area contributed by atoms with Gasteiger partial charge < -0.3 is 15.0 Å². The second kappa shape index (κ2) is 3.10. The van der Waals surface area contributed by atoms with Crippen LogP contribution in [0.25, 0.3) is 0 Å². The van der Waals surface area contributed by atoms with Crippen LogP contribution in [0.5, 0.6) is 5.75 Å². The number of hydrogen-bond donors (Lipinski definition) is 0. The van der Waals surface area contributed by atoms with Gasteiger partial charge in [0, 0.05) is 12.1 Å². The monoisotopic (exact) mass is 181 g/mol. The van der Waals surface area contributed by atoms with Crippen LogP contribution in [0.2, 0.25) is 0 Å². The first-order valence-electron chi connectivity index (χ1n) is 3.19. The van der Waals surface area contributed by atoms with Crippen molar-refractivity contribution in [2.75, 3.05) is 0 Å². The summed E-state index contributed by atoms with van der Waals surface area (Å²) in [5.74, 6) is -2.51. The summed E-state index contributed by atoms with van der Waals surface area (Å²) < 4.78 is 0. The summed E-state index contributed by atoms with van der Waals surface area (Å²) in [7, 11) is 0. The van der Waals surface area contributed by atoms with Gasteiger partial charge in [0.2, 0.25) is 0 Å². The number of non-ortho nitro benzene ring substituents is 1. The van der Waals surface area contributed by atoms with Gasteiger partial charge in [-0.25, -0.2) is 0 Å². The van der Waals surface area contributed by atoms with Crippen LogP contribution in [-0.4, -0.2) is 10.9 Å². The topological polar surface area (TPSA) is 106 Å². The molecule has 6 heteroatoms. The van der Waals surface area contributed by atoms with Crippen molar-refractivity contribution in [1.29, 1.82) is 0 Å². The lowest BCUT2D eigenvalue weighted by atomic mass is 10.2. The molecule has 68 valence electrons. The standard InChI is InChI=1S/C7H5NO5/c9-6-2-1-4(8(12)13)3-5(6)7(10)11/h1-3,9H,(H,10,11)/p-2. The van der Waals surface area contributed by atoms with Crippen molar-refractivity contribution >= 4 is 11.7 Å². The van der Waals surface area contributed by atoms with Crippen LogP contribution in [0.3, 0.4) is 0 Å². The Hall–Kier alpha value is -2.11. The van der Waals surface area contributed by atoms with Crippen molar-refractivity contribution in [2.45, 2.75) is 0 Å². The second-order valence-electron chi connectivity index (χ2n) is 2.23. The molecule has 0 amide bonds. The number of carboxylic acids is 1. The van der Waals surface area contributed by atoms with Crippen LogP contribution >= 0.6 is 0 Å². The zero-order valence-electron chi connectivity index (χ0n) is 6.22. The number of nitro benzene ring substituents is 1. The molecule has 0 fully saturated rings.